The summed E-state index contributed by atoms with van der Waals surface area (Å²) in [7, 11) is 0. The first-order valence-electron chi connectivity index (χ1n) is 3.94. The number of hydrogen-bond acceptors (Lipinski definition) is 9. The van der Waals surface area contributed by atoms with Gasteiger partial charge in [-0.05, 0) is 0 Å². The SMILES string of the molecule is NC(=O)[C@@H]1OC(O)(O)C(O)(O)C(O)(O)[C@H]1O. The summed E-state index contributed by atoms with van der Waals surface area (Å²) >= 11 is 0. The van der Waals surface area contributed by atoms with Gasteiger partial charge in [-0.1, -0.05) is 0 Å². The second kappa shape index (κ2) is 3.32. The van der Waals surface area contributed by atoms with Gasteiger partial charge in [0, 0.05) is 0 Å². The highest BCUT2D eigenvalue weighted by Gasteiger charge is 2.72. The summed E-state index contributed by atoms with van der Waals surface area (Å²) in [5.74, 6) is -13.3. The number of hydrogen-bond donors (Lipinski definition) is 8. The second-order valence-electron chi connectivity index (χ2n) is 3.39. The molecule has 0 bridgehead atoms. The molecule has 1 heterocycles. The topological polar surface area (TPSA) is 194 Å². The van der Waals surface area contributed by atoms with Crippen LogP contribution in [0.4, 0.5) is 0 Å². The molecule has 1 aliphatic heterocycles. The molecule has 1 amide bonds. The molecule has 0 saturated carbocycles. The van der Waals surface area contributed by atoms with Crippen molar-refractivity contribution in [1.82, 2.24) is 0 Å². The second-order valence-corrected chi connectivity index (χ2v) is 3.39. The molecule has 94 valence electrons. The van der Waals surface area contributed by atoms with Gasteiger partial charge in [0.25, 0.3) is 5.79 Å². The van der Waals surface area contributed by atoms with Crippen LogP contribution in [-0.2, 0) is 9.53 Å². The number of carbonyl (C=O) groups is 1. The molecule has 0 aromatic heterocycles. The zero-order valence-electron chi connectivity index (χ0n) is 7.68. The molecule has 10 heteroatoms. The molecule has 2 atom stereocenters. The number of aliphatic hydroxyl groups excluding tert-OH is 1. The highest BCUT2D eigenvalue weighted by molar-refractivity contribution is 5.80. The third-order valence-corrected chi connectivity index (χ3v) is 2.24. The first-order valence-corrected chi connectivity index (χ1v) is 3.94. The summed E-state index contributed by atoms with van der Waals surface area (Å²) in [6.07, 6.45) is -4.84. The van der Waals surface area contributed by atoms with Crippen molar-refractivity contribution >= 4 is 5.91 Å². The van der Waals surface area contributed by atoms with Gasteiger partial charge in [-0.3, -0.25) is 4.79 Å². The molecule has 1 saturated heterocycles. The molecule has 1 aliphatic rings. The van der Waals surface area contributed by atoms with Gasteiger partial charge >= 0.3 is 11.8 Å². The van der Waals surface area contributed by atoms with E-state index in [0.29, 0.717) is 0 Å². The van der Waals surface area contributed by atoms with E-state index in [1.165, 1.54) is 0 Å². The number of aliphatic hydroxyl groups is 7. The van der Waals surface area contributed by atoms with E-state index in [4.69, 9.17) is 35.7 Å². The Morgan fingerprint density at radius 2 is 1.56 bits per heavy atom. The number of nitrogens with two attached hydrogens (primary N) is 1. The van der Waals surface area contributed by atoms with Gasteiger partial charge < -0.3 is 46.2 Å². The van der Waals surface area contributed by atoms with Crippen molar-refractivity contribution in [2.75, 3.05) is 0 Å². The highest BCUT2D eigenvalue weighted by Crippen LogP contribution is 2.38. The van der Waals surface area contributed by atoms with E-state index in [-0.39, 0.29) is 0 Å². The molecule has 0 radical (unpaired) electrons. The van der Waals surface area contributed by atoms with Crippen LogP contribution in [0.5, 0.6) is 0 Å². The quantitative estimate of drug-likeness (QED) is 0.206. The lowest BCUT2D eigenvalue weighted by Crippen LogP contribution is -2.80. The molecular formula is C6H11NO9. The van der Waals surface area contributed by atoms with Crippen molar-refractivity contribution in [3.63, 3.8) is 0 Å². The zero-order valence-corrected chi connectivity index (χ0v) is 7.68. The Morgan fingerprint density at radius 1 is 1.12 bits per heavy atom. The summed E-state index contributed by atoms with van der Waals surface area (Å²) in [4.78, 5) is 10.7. The summed E-state index contributed by atoms with van der Waals surface area (Å²) in [5, 5.41) is 63.4. The van der Waals surface area contributed by atoms with Crippen molar-refractivity contribution in [2.24, 2.45) is 5.73 Å². The molecule has 0 aromatic rings. The van der Waals surface area contributed by atoms with E-state index in [0.717, 1.165) is 0 Å². The van der Waals surface area contributed by atoms with E-state index >= 15 is 0 Å². The van der Waals surface area contributed by atoms with Crippen LogP contribution < -0.4 is 5.73 Å². The van der Waals surface area contributed by atoms with Crippen molar-refractivity contribution in [3.05, 3.63) is 0 Å². The van der Waals surface area contributed by atoms with Crippen LogP contribution in [0.25, 0.3) is 0 Å². The number of amides is 1. The van der Waals surface area contributed by atoms with Gasteiger partial charge in [-0.25, -0.2) is 0 Å². The molecule has 0 aromatic carbocycles. The molecule has 0 aliphatic carbocycles. The maximum absolute atomic E-state index is 10.7. The minimum atomic E-state index is -4.05. The average molecular weight is 241 g/mol. The number of rotatable bonds is 1. The summed E-state index contributed by atoms with van der Waals surface area (Å²) in [6, 6.07) is 0. The van der Waals surface area contributed by atoms with Crippen LogP contribution in [0, 0.1) is 0 Å². The molecule has 10 nitrogen and oxygen atoms in total. The Bertz CT molecular complexity index is 311. The third-order valence-electron chi connectivity index (χ3n) is 2.24. The van der Waals surface area contributed by atoms with Crippen LogP contribution >= 0.6 is 0 Å². The number of carbonyl (C=O) groups excluding carboxylic acids is 1. The van der Waals surface area contributed by atoms with Crippen molar-refractivity contribution in [1.29, 1.82) is 0 Å². The largest absolute Gasteiger partial charge is 0.384 e. The predicted molar refractivity (Wildman–Crippen MR) is 41.6 cm³/mol. The predicted octanol–water partition coefficient (Wildman–Crippen LogP) is -5.77. The zero-order chi connectivity index (χ0) is 12.9. The molecular weight excluding hydrogens is 230 g/mol. The molecule has 9 N–H and O–H groups in total. The molecule has 0 spiro atoms. The standard InChI is InChI=1S/C6H11NO9/c7-3(9)1-2(8)4(10,11)5(12,13)6(14,15)16-1/h1-2,8,10-15H,(H2,7,9)/t1-,2+/m1/s1. The Hall–Kier alpha value is -0.850. The van der Waals surface area contributed by atoms with Crippen molar-refractivity contribution in [3.8, 4) is 0 Å². The Balaban J connectivity index is 3.22. The van der Waals surface area contributed by atoms with Gasteiger partial charge in [-0.15, -0.1) is 0 Å². The summed E-state index contributed by atoms with van der Waals surface area (Å²) in [6.45, 7) is 0. The Labute approximate surface area is 87.7 Å². The van der Waals surface area contributed by atoms with E-state index in [2.05, 4.69) is 10.5 Å². The van der Waals surface area contributed by atoms with Crippen LogP contribution in [0.15, 0.2) is 0 Å². The normalized spacial score (nSPS) is 35.7. The highest BCUT2D eigenvalue weighted by atomic mass is 16.8. The molecule has 16 heavy (non-hydrogen) atoms. The first kappa shape index (κ1) is 13.2. The smallest absolute Gasteiger partial charge is 0.342 e. The van der Waals surface area contributed by atoms with Crippen LogP contribution in [0.2, 0.25) is 0 Å². The van der Waals surface area contributed by atoms with Gasteiger partial charge in [-0.2, -0.15) is 0 Å². The average Bonchev–Trinajstić information content (AvgIpc) is 2.10. The number of ether oxygens (including phenoxy) is 1. The van der Waals surface area contributed by atoms with Crippen molar-refractivity contribution < 1.29 is 45.3 Å². The summed E-state index contributed by atoms with van der Waals surface area (Å²) < 4.78 is 3.96. The fourth-order valence-electron chi connectivity index (χ4n) is 1.19. The van der Waals surface area contributed by atoms with Gasteiger partial charge in [0.2, 0.25) is 5.91 Å². The summed E-state index contributed by atoms with van der Waals surface area (Å²) in [5.41, 5.74) is 4.66. The van der Waals surface area contributed by atoms with Gasteiger partial charge in [0.15, 0.2) is 6.10 Å². The first-order chi connectivity index (χ1) is 6.95. The molecule has 0 unspecified atom stereocenters. The maximum Gasteiger partial charge on any atom is 0.342 e. The lowest BCUT2D eigenvalue weighted by molar-refractivity contribution is -0.558. The Morgan fingerprint density at radius 3 is 1.94 bits per heavy atom. The van der Waals surface area contributed by atoms with E-state index in [1.807, 2.05) is 0 Å². The number of primary amides is 1. The van der Waals surface area contributed by atoms with Crippen LogP contribution in [0.3, 0.4) is 0 Å². The van der Waals surface area contributed by atoms with E-state index in [1.54, 1.807) is 0 Å². The van der Waals surface area contributed by atoms with Gasteiger partial charge in [0.05, 0.1) is 0 Å². The van der Waals surface area contributed by atoms with Crippen molar-refractivity contribution in [2.45, 2.75) is 29.8 Å². The Kier molecular flexibility index (Phi) is 2.74. The fraction of sp³-hybridized carbons (Fsp3) is 0.833. The lowest BCUT2D eigenvalue weighted by atomic mass is 9.90. The third kappa shape index (κ3) is 1.49. The minimum absolute atomic E-state index is 1.47. The van der Waals surface area contributed by atoms with Crippen LogP contribution in [-0.4, -0.2) is 71.4 Å². The maximum atomic E-state index is 10.7. The van der Waals surface area contributed by atoms with E-state index in [9.17, 15) is 4.79 Å². The monoisotopic (exact) mass is 241 g/mol. The van der Waals surface area contributed by atoms with E-state index < -0.39 is 35.7 Å². The molecule has 1 fully saturated rings. The molecule has 1 rings (SSSR count). The van der Waals surface area contributed by atoms with Crippen LogP contribution in [0.1, 0.15) is 0 Å². The fourth-order valence-corrected chi connectivity index (χ4v) is 1.19. The minimum Gasteiger partial charge on any atom is -0.384 e. The lowest BCUT2D eigenvalue weighted by Gasteiger charge is -2.49. The van der Waals surface area contributed by atoms with Gasteiger partial charge in [0.1, 0.15) is 6.10 Å².